The Bertz CT molecular complexity index is 575. The number of ketones is 1. The van der Waals surface area contributed by atoms with Crippen molar-refractivity contribution in [1.29, 1.82) is 0 Å². The van der Waals surface area contributed by atoms with E-state index in [-0.39, 0.29) is 22.0 Å². The van der Waals surface area contributed by atoms with Gasteiger partial charge in [-0.15, -0.1) is 0 Å². The van der Waals surface area contributed by atoms with Crippen LogP contribution in [0, 0.1) is 12.7 Å². The summed E-state index contributed by atoms with van der Waals surface area (Å²) in [5, 5.41) is 0.278. The number of benzene rings is 1. The van der Waals surface area contributed by atoms with Crippen LogP contribution in [0.1, 0.15) is 21.5 Å². The van der Waals surface area contributed by atoms with Crippen molar-refractivity contribution in [2.24, 2.45) is 0 Å². The Kier molecular flexibility index (Phi) is 3.30. The number of rotatable bonds is 2. The second-order valence-electron chi connectivity index (χ2n) is 3.90. The minimum atomic E-state index is -0.593. The topological polar surface area (TPSA) is 56.0 Å². The van der Waals surface area contributed by atoms with Crippen LogP contribution in [0.5, 0.6) is 0 Å². The van der Waals surface area contributed by atoms with E-state index in [2.05, 4.69) is 4.98 Å². The number of hydrogen-bond donors (Lipinski definition) is 1. The molecule has 0 spiro atoms. The molecule has 0 saturated heterocycles. The highest BCUT2D eigenvalue weighted by atomic mass is 35.5. The molecule has 0 amide bonds. The number of nitrogens with zero attached hydrogens (tertiary/aromatic N) is 1. The van der Waals surface area contributed by atoms with Gasteiger partial charge in [0.15, 0.2) is 5.78 Å². The van der Waals surface area contributed by atoms with Crippen molar-refractivity contribution < 1.29 is 9.18 Å². The molecule has 92 valence electrons. The van der Waals surface area contributed by atoms with Gasteiger partial charge in [-0.3, -0.25) is 4.79 Å². The molecule has 5 heteroatoms. The molecule has 0 aliphatic carbocycles. The lowest BCUT2D eigenvalue weighted by molar-refractivity contribution is 0.103. The van der Waals surface area contributed by atoms with Gasteiger partial charge < -0.3 is 5.73 Å². The minimum Gasteiger partial charge on any atom is -0.383 e. The maximum atomic E-state index is 13.6. The molecule has 0 unspecified atom stereocenters. The van der Waals surface area contributed by atoms with Crippen molar-refractivity contribution in [3.63, 3.8) is 0 Å². The van der Waals surface area contributed by atoms with Crippen LogP contribution >= 0.6 is 11.6 Å². The fraction of sp³-hybridized carbons (Fsp3) is 0.0769. The van der Waals surface area contributed by atoms with Gasteiger partial charge in [-0.2, -0.15) is 0 Å². The van der Waals surface area contributed by atoms with E-state index >= 15 is 0 Å². The lowest BCUT2D eigenvalue weighted by Crippen LogP contribution is -2.09. The van der Waals surface area contributed by atoms with Gasteiger partial charge in [0.05, 0.1) is 16.1 Å². The van der Waals surface area contributed by atoms with Crippen LogP contribution in [0.3, 0.4) is 0 Å². The van der Waals surface area contributed by atoms with Crippen molar-refractivity contribution in [2.45, 2.75) is 6.92 Å². The first-order valence-corrected chi connectivity index (χ1v) is 5.58. The lowest BCUT2D eigenvalue weighted by atomic mass is 10.0. The molecule has 0 radical (unpaired) electrons. The molecule has 1 aromatic carbocycles. The number of halogens is 2. The van der Waals surface area contributed by atoms with Crippen molar-refractivity contribution in [3.05, 3.63) is 58.0 Å². The molecule has 18 heavy (non-hydrogen) atoms. The summed E-state index contributed by atoms with van der Waals surface area (Å²) in [5.74, 6) is -1.08. The molecule has 3 nitrogen and oxygen atoms in total. The summed E-state index contributed by atoms with van der Waals surface area (Å²) in [6, 6.07) is 5.69. The monoisotopic (exact) mass is 264 g/mol. The Morgan fingerprint density at radius 3 is 2.78 bits per heavy atom. The zero-order valence-corrected chi connectivity index (χ0v) is 10.3. The van der Waals surface area contributed by atoms with Gasteiger partial charge in [0.2, 0.25) is 0 Å². The third kappa shape index (κ3) is 2.33. The van der Waals surface area contributed by atoms with Gasteiger partial charge in [0.25, 0.3) is 0 Å². The SMILES string of the molecule is Cc1ccc(F)c(C(=O)c2cc(Cl)cnc2N)c1. The van der Waals surface area contributed by atoms with E-state index < -0.39 is 11.6 Å². The first-order chi connectivity index (χ1) is 8.49. The summed E-state index contributed by atoms with van der Waals surface area (Å²) in [4.78, 5) is 16.0. The molecule has 0 atom stereocenters. The van der Waals surface area contributed by atoms with Gasteiger partial charge in [-0.1, -0.05) is 23.2 Å². The number of nitrogens with two attached hydrogens (primary N) is 1. The molecule has 2 rings (SSSR count). The summed E-state index contributed by atoms with van der Waals surface area (Å²) >= 11 is 5.76. The first-order valence-electron chi connectivity index (χ1n) is 5.21. The molecule has 2 aromatic rings. The molecule has 2 N–H and O–H groups in total. The quantitative estimate of drug-likeness (QED) is 0.849. The highest BCUT2D eigenvalue weighted by Crippen LogP contribution is 2.21. The largest absolute Gasteiger partial charge is 0.383 e. The number of hydrogen-bond acceptors (Lipinski definition) is 3. The normalized spacial score (nSPS) is 10.4. The highest BCUT2D eigenvalue weighted by molar-refractivity contribution is 6.31. The van der Waals surface area contributed by atoms with E-state index in [1.807, 2.05) is 0 Å². The Balaban J connectivity index is 2.54. The van der Waals surface area contributed by atoms with Crippen LogP contribution in [0.25, 0.3) is 0 Å². The summed E-state index contributed by atoms with van der Waals surface area (Å²) in [5.41, 5.74) is 6.46. The van der Waals surface area contributed by atoms with Crippen LogP contribution in [-0.4, -0.2) is 10.8 Å². The Morgan fingerprint density at radius 1 is 1.33 bits per heavy atom. The number of carbonyl (C=O) groups excluding carboxylic acids is 1. The van der Waals surface area contributed by atoms with Crippen LogP contribution in [0.4, 0.5) is 10.2 Å². The van der Waals surface area contributed by atoms with E-state index in [0.29, 0.717) is 0 Å². The number of aryl methyl sites for hydroxylation is 1. The van der Waals surface area contributed by atoms with E-state index in [0.717, 1.165) is 5.56 Å². The second-order valence-corrected chi connectivity index (χ2v) is 4.34. The maximum absolute atomic E-state index is 13.6. The zero-order valence-electron chi connectivity index (χ0n) is 9.58. The standard InChI is InChI=1S/C13H10ClFN2O/c1-7-2-3-11(15)9(4-7)12(18)10-5-8(14)6-17-13(10)16/h2-6H,1H3,(H2,16,17). The number of anilines is 1. The Hall–Kier alpha value is -1.94. The lowest BCUT2D eigenvalue weighted by Gasteiger charge is -2.06. The zero-order chi connectivity index (χ0) is 13.3. The highest BCUT2D eigenvalue weighted by Gasteiger charge is 2.17. The maximum Gasteiger partial charge on any atom is 0.199 e. The third-order valence-corrected chi connectivity index (χ3v) is 2.70. The Labute approximate surface area is 108 Å². The predicted molar refractivity (Wildman–Crippen MR) is 68.2 cm³/mol. The third-order valence-electron chi connectivity index (χ3n) is 2.50. The van der Waals surface area contributed by atoms with E-state index in [4.69, 9.17) is 17.3 Å². The van der Waals surface area contributed by atoms with Crippen LogP contribution in [-0.2, 0) is 0 Å². The number of nitrogen functional groups attached to an aromatic ring is 1. The van der Waals surface area contributed by atoms with Crippen LogP contribution in [0.15, 0.2) is 30.5 Å². The number of carbonyl (C=O) groups is 1. The molecule has 0 aliphatic heterocycles. The van der Waals surface area contributed by atoms with Gasteiger partial charge in [-0.05, 0) is 25.1 Å². The molecule has 0 fully saturated rings. The average molecular weight is 265 g/mol. The van der Waals surface area contributed by atoms with Crippen LogP contribution in [0.2, 0.25) is 5.02 Å². The molecule has 0 saturated carbocycles. The van der Waals surface area contributed by atoms with Gasteiger partial charge in [-0.25, -0.2) is 9.37 Å². The molecule has 0 aliphatic rings. The summed E-state index contributed by atoms with van der Waals surface area (Å²) < 4.78 is 13.6. The van der Waals surface area contributed by atoms with Crippen LogP contribution < -0.4 is 5.73 Å². The summed E-state index contributed by atoms with van der Waals surface area (Å²) in [6.45, 7) is 1.77. The molecule has 1 heterocycles. The fourth-order valence-electron chi connectivity index (χ4n) is 1.59. The summed E-state index contributed by atoms with van der Waals surface area (Å²) in [6.07, 6.45) is 1.33. The van der Waals surface area contributed by atoms with Crippen molar-refractivity contribution >= 4 is 23.2 Å². The number of aromatic nitrogens is 1. The van der Waals surface area contributed by atoms with E-state index in [1.165, 1.54) is 24.4 Å². The van der Waals surface area contributed by atoms with Gasteiger partial charge in [0, 0.05) is 6.20 Å². The number of pyridine rings is 1. The van der Waals surface area contributed by atoms with Crippen molar-refractivity contribution in [3.8, 4) is 0 Å². The van der Waals surface area contributed by atoms with E-state index in [9.17, 15) is 9.18 Å². The fourth-order valence-corrected chi connectivity index (χ4v) is 1.75. The second kappa shape index (κ2) is 4.74. The molecular formula is C13H10ClFN2O. The van der Waals surface area contributed by atoms with Gasteiger partial charge >= 0.3 is 0 Å². The molecular weight excluding hydrogens is 255 g/mol. The average Bonchev–Trinajstić information content (AvgIpc) is 2.34. The van der Waals surface area contributed by atoms with Crippen molar-refractivity contribution in [1.82, 2.24) is 4.98 Å². The first kappa shape index (κ1) is 12.5. The molecule has 0 bridgehead atoms. The van der Waals surface area contributed by atoms with Crippen molar-refractivity contribution in [2.75, 3.05) is 5.73 Å². The molecule has 1 aromatic heterocycles. The predicted octanol–water partition coefficient (Wildman–Crippen LogP) is 3.00. The Morgan fingerprint density at radius 2 is 2.06 bits per heavy atom. The summed E-state index contributed by atoms with van der Waals surface area (Å²) in [7, 11) is 0. The van der Waals surface area contributed by atoms with Gasteiger partial charge in [0.1, 0.15) is 11.6 Å². The smallest absolute Gasteiger partial charge is 0.199 e. The van der Waals surface area contributed by atoms with E-state index in [1.54, 1.807) is 13.0 Å². The minimum absolute atomic E-state index is 0.0327.